The Morgan fingerprint density at radius 1 is 1.33 bits per heavy atom. The normalized spacial score (nSPS) is 12.7. The molecule has 1 aromatic heterocycles. The van der Waals surface area contributed by atoms with E-state index in [9.17, 15) is 0 Å². The maximum absolute atomic E-state index is 6.11. The summed E-state index contributed by atoms with van der Waals surface area (Å²) >= 11 is 0. The number of aryl methyl sites for hydroxylation is 1. The Balaban J connectivity index is 2.11. The van der Waals surface area contributed by atoms with Crippen molar-refractivity contribution in [2.45, 2.75) is 19.5 Å². The second-order valence-corrected chi connectivity index (χ2v) is 3.70. The van der Waals surface area contributed by atoms with Crippen molar-refractivity contribution in [3.05, 3.63) is 54.1 Å². The number of nitrogens with zero attached hydrogens (tertiary/aromatic N) is 2. The van der Waals surface area contributed by atoms with E-state index < -0.39 is 0 Å². The van der Waals surface area contributed by atoms with Crippen molar-refractivity contribution in [2.24, 2.45) is 5.73 Å². The Kier molecular flexibility index (Phi) is 2.83. The number of rotatable bonds is 3. The molecule has 78 valence electrons. The molecule has 0 bridgehead atoms. The zero-order chi connectivity index (χ0) is 10.7. The van der Waals surface area contributed by atoms with Gasteiger partial charge in [-0.15, -0.1) is 0 Å². The molecule has 0 aliphatic heterocycles. The van der Waals surface area contributed by atoms with E-state index in [0.29, 0.717) is 0 Å². The standard InChI is InChI=1S/C12H15N3/c1-10-7-14-9-15(10)8-12(13)11-5-3-2-4-6-11/h2-7,9,12H,8,13H2,1H3. The fraction of sp³-hybridized carbons (Fsp3) is 0.250. The molecule has 0 amide bonds. The highest BCUT2D eigenvalue weighted by molar-refractivity contribution is 5.18. The summed E-state index contributed by atoms with van der Waals surface area (Å²) in [5.74, 6) is 0. The number of benzene rings is 1. The van der Waals surface area contributed by atoms with Gasteiger partial charge in [-0.2, -0.15) is 0 Å². The maximum atomic E-state index is 6.11. The number of hydrogen-bond acceptors (Lipinski definition) is 2. The molecular formula is C12H15N3. The van der Waals surface area contributed by atoms with Crippen molar-refractivity contribution < 1.29 is 0 Å². The van der Waals surface area contributed by atoms with Gasteiger partial charge in [0.1, 0.15) is 0 Å². The van der Waals surface area contributed by atoms with E-state index >= 15 is 0 Å². The van der Waals surface area contributed by atoms with Gasteiger partial charge in [0, 0.05) is 24.5 Å². The van der Waals surface area contributed by atoms with Crippen LogP contribution in [0.15, 0.2) is 42.9 Å². The van der Waals surface area contributed by atoms with Crippen LogP contribution in [0.1, 0.15) is 17.3 Å². The minimum absolute atomic E-state index is 0.0269. The van der Waals surface area contributed by atoms with Gasteiger partial charge >= 0.3 is 0 Å². The summed E-state index contributed by atoms with van der Waals surface area (Å²) in [6.07, 6.45) is 3.66. The van der Waals surface area contributed by atoms with E-state index in [1.165, 1.54) is 0 Å². The zero-order valence-corrected chi connectivity index (χ0v) is 8.80. The average Bonchev–Trinajstić information content (AvgIpc) is 2.66. The average molecular weight is 201 g/mol. The highest BCUT2D eigenvalue weighted by atomic mass is 15.1. The third-order valence-electron chi connectivity index (χ3n) is 2.54. The molecule has 0 saturated heterocycles. The summed E-state index contributed by atoms with van der Waals surface area (Å²) in [5, 5.41) is 0. The van der Waals surface area contributed by atoms with E-state index in [4.69, 9.17) is 5.73 Å². The predicted molar refractivity (Wildman–Crippen MR) is 60.3 cm³/mol. The summed E-state index contributed by atoms with van der Waals surface area (Å²) in [7, 11) is 0. The van der Waals surface area contributed by atoms with Gasteiger partial charge in [-0.25, -0.2) is 4.98 Å². The first-order valence-corrected chi connectivity index (χ1v) is 5.04. The van der Waals surface area contributed by atoms with E-state index in [1.54, 1.807) is 0 Å². The molecule has 1 aromatic carbocycles. The van der Waals surface area contributed by atoms with Crippen LogP contribution < -0.4 is 5.73 Å². The highest BCUT2D eigenvalue weighted by Crippen LogP contribution is 2.12. The third kappa shape index (κ3) is 2.25. The molecule has 15 heavy (non-hydrogen) atoms. The van der Waals surface area contributed by atoms with Crippen LogP contribution in [0, 0.1) is 6.92 Å². The van der Waals surface area contributed by atoms with Crippen LogP contribution in [0.25, 0.3) is 0 Å². The minimum Gasteiger partial charge on any atom is -0.333 e. The molecule has 3 nitrogen and oxygen atoms in total. The van der Waals surface area contributed by atoms with Crippen LogP contribution in [0.4, 0.5) is 0 Å². The third-order valence-corrected chi connectivity index (χ3v) is 2.54. The van der Waals surface area contributed by atoms with E-state index in [2.05, 4.69) is 21.7 Å². The van der Waals surface area contributed by atoms with Gasteiger partial charge in [0.05, 0.1) is 6.33 Å². The number of imidazole rings is 1. The Labute approximate surface area is 89.6 Å². The second kappa shape index (κ2) is 4.28. The Morgan fingerprint density at radius 3 is 2.67 bits per heavy atom. The lowest BCUT2D eigenvalue weighted by Gasteiger charge is -2.13. The first-order chi connectivity index (χ1) is 7.27. The second-order valence-electron chi connectivity index (χ2n) is 3.70. The van der Waals surface area contributed by atoms with Gasteiger partial charge < -0.3 is 10.3 Å². The summed E-state index contributed by atoms with van der Waals surface area (Å²) < 4.78 is 2.07. The zero-order valence-electron chi connectivity index (χ0n) is 8.80. The fourth-order valence-electron chi connectivity index (χ4n) is 1.60. The van der Waals surface area contributed by atoms with Crippen LogP contribution in [-0.4, -0.2) is 9.55 Å². The molecule has 0 spiro atoms. The summed E-state index contributed by atoms with van der Waals surface area (Å²) in [6.45, 7) is 2.81. The van der Waals surface area contributed by atoms with Gasteiger partial charge in [-0.05, 0) is 12.5 Å². The molecule has 1 atom stereocenters. The minimum atomic E-state index is 0.0269. The van der Waals surface area contributed by atoms with Crippen molar-refractivity contribution in [2.75, 3.05) is 0 Å². The molecule has 0 aliphatic carbocycles. The molecule has 0 saturated carbocycles. The fourth-order valence-corrected chi connectivity index (χ4v) is 1.60. The van der Waals surface area contributed by atoms with Gasteiger partial charge in [-0.3, -0.25) is 0 Å². The lowest BCUT2D eigenvalue weighted by Crippen LogP contribution is -2.17. The molecule has 2 N–H and O–H groups in total. The van der Waals surface area contributed by atoms with Gasteiger partial charge in [0.25, 0.3) is 0 Å². The van der Waals surface area contributed by atoms with Crippen LogP contribution in [0.5, 0.6) is 0 Å². The molecule has 3 heteroatoms. The van der Waals surface area contributed by atoms with Crippen molar-refractivity contribution in [1.82, 2.24) is 9.55 Å². The molecule has 2 rings (SSSR count). The van der Waals surface area contributed by atoms with Crippen molar-refractivity contribution in [3.63, 3.8) is 0 Å². The topological polar surface area (TPSA) is 43.8 Å². The maximum Gasteiger partial charge on any atom is 0.0948 e. The molecule has 0 radical (unpaired) electrons. The van der Waals surface area contributed by atoms with E-state index in [1.807, 2.05) is 37.6 Å². The Bertz CT molecular complexity index is 419. The van der Waals surface area contributed by atoms with Crippen LogP contribution in [0.3, 0.4) is 0 Å². The Hall–Kier alpha value is -1.61. The van der Waals surface area contributed by atoms with Crippen LogP contribution in [-0.2, 0) is 6.54 Å². The highest BCUT2D eigenvalue weighted by Gasteiger charge is 2.06. The summed E-state index contributed by atoms with van der Waals surface area (Å²) in [6, 6.07) is 10.2. The molecule has 1 heterocycles. The summed E-state index contributed by atoms with van der Waals surface area (Å²) in [5.41, 5.74) is 8.40. The number of hydrogen-bond donors (Lipinski definition) is 1. The SMILES string of the molecule is Cc1cncn1CC(N)c1ccccc1. The van der Waals surface area contributed by atoms with E-state index in [-0.39, 0.29) is 6.04 Å². The quantitative estimate of drug-likeness (QED) is 0.824. The van der Waals surface area contributed by atoms with Crippen molar-refractivity contribution in [1.29, 1.82) is 0 Å². The largest absolute Gasteiger partial charge is 0.333 e. The summed E-state index contributed by atoms with van der Waals surface area (Å²) in [4.78, 5) is 4.08. The van der Waals surface area contributed by atoms with E-state index in [0.717, 1.165) is 17.8 Å². The monoisotopic (exact) mass is 201 g/mol. The molecule has 0 fully saturated rings. The Morgan fingerprint density at radius 2 is 2.07 bits per heavy atom. The number of nitrogens with two attached hydrogens (primary N) is 1. The number of aromatic nitrogens is 2. The first kappa shape index (κ1) is 9.93. The molecular weight excluding hydrogens is 186 g/mol. The predicted octanol–water partition coefficient (Wildman–Crippen LogP) is 1.89. The molecule has 0 aliphatic rings. The molecule has 1 unspecified atom stereocenters. The van der Waals surface area contributed by atoms with Gasteiger partial charge in [0.15, 0.2) is 0 Å². The van der Waals surface area contributed by atoms with Crippen LogP contribution >= 0.6 is 0 Å². The first-order valence-electron chi connectivity index (χ1n) is 5.04. The lowest BCUT2D eigenvalue weighted by atomic mass is 10.1. The molecule has 2 aromatic rings. The lowest BCUT2D eigenvalue weighted by molar-refractivity contribution is 0.567. The van der Waals surface area contributed by atoms with Gasteiger partial charge in [-0.1, -0.05) is 30.3 Å². The van der Waals surface area contributed by atoms with Gasteiger partial charge in [0.2, 0.25) is 0 Å². The van der Waals surface area contributed by atoms with Crippen LogP contribution in [0.2, 0.25) is 0 Å². The smallest absolute Gasteiger partial charge is 0.0948 e. The van der Waals surface area contributed by atoms with Crippen molar-refractivity contribution >= 4 is 0 Å². The van der Waals surface area contributed by atoms with Crippen molar-refractivity contribution in [3.8, 4) is 0 Å².